The Morgan fingerprint density at radius 1 is 1.07 bits per heavy atom. The van der Waals surface area contributed by atoms with E-state index in [2.05, 4.69) is 5.32 Å². The fourth-order valence-electron chi connectivity index (χ4n) is 2.52. The highest BCUT2D eigenvalue weighted by atomic mass is 35.5. The predicted octanol–water partition coefficient (Wildman–Crippen LogP) is 4.96. The molecule has 0 saturated carbocycles. The van der Waals surface area contributed by atoms with E-state index in [-0.39, 0.29) is 5.91 Å². The van der Waals surface area contributed by atoms with E-state index in [9.17, 15) is 9.59 Å². The summed E-state index contributed by atoms with van der Waals surface area (Å²) in [5.74, 6) is -0.194. The zero-order valence-corrected chi connectivity index (χ0v) is 16.9. The highest BCUT2D eigenvalue weighted by molar-refractivity contribution is 7.12. The van der Waals surface area contributed by atoms with Gasteiger partial charge >= 0.3 is 0 Å². The SMILES string of the molecule is CC(C)(Oc1ccc(Cl)cc1)C(=O)Nc1cccc(-c2csc(C(N)=O)c2)c1. The molecule has 3 aromatic rings. The van der Waals surface area contributed by atoms with Crippen molar-refractivity contribution in [2.75, 3.05) is 5.32 Å². The van der Waals surface area contributed by atoms with Gasteiger partial charge in [-0.25, -0.2) is 0 Å². The number of carbonyl (C=O) groups is 2. The molecular formula is C21H19ClN2O3S. The van der Waals surface area contributed by atoms with Crippen LogP contribution in [0.2, 0.25) is 5.02 Å². The molecule has 28 heavy (non-hydrogen) atoms. The summed E-state index contributed by atoms with van der Waals surface area (Å²) in [4.78, 5) is 24.5. The Kier molecular flexibility index (Phi) is 5.72. The summed E-state index contributed by atoms with van der Waals surface area (Å²) in [7, 11) is 0. The van der Waals surface area contributed by atoms with Crippen LogP contribution in [0.15, 0.2) is 60.0 Å². The second-order valence-corrected chi connectivity index (χ2v) is 8.01. The Morgan fingerprint density at radius 2 is 1.79 bits per heavy atom. The van der Waals surface area contributed by atoms with Crippen molar-refractivity contribution >= 4 is 40.4 Å². The fraction of sp³-hybridized carbons (Fsp3) is 0.143. The van der Waals surface area contributed by atoms with E-state index in [0.29, 0.717) is 21.3 Å². The average molecular weight is 415 g/mol. The smallest absolute Gasteiger partial charge is 0.267 e. The van der Waals surface area contributed by atoms with Gasteiger partial charge < -0.3 is 15.8 Å². The molecule has 5 nitrogen and oxygen atoms in total. The van der Waals surface area contributed by atoms with Crippen molar-refractivity contribution in [1.82, 2.24) is 0 Å². The van der Waals surface area contributed by atoms with Gasteiger partial charge in [-0.3, -0.25) is 9.59 Å². The Labute approximate surface area is 172 Å². The first-order valence-corrected chi connectivity index (χ1v) is 9.75. The van der Waals surface area contributed by atoms with E-state index >= 15 is 0 Å². The van der Waals surface area contributed by atoms with Crippen LogP contribution in [0.1, 0.15) is 23.5 Å². The fourth-order valence-corrected chi connectivity index (χ4v) is 3.41. The number of amides is 2. The number of ether oxygens (including phenoxy) is 1. The number of carbonyl (C=O) groups excluding carboxylic acids is 2. The number of thiophene rings is 1. The molecule has 7 heteroatoms. The average Bonchev–Trinajstić information content (AvgIpc) is 3.14. The molecule has 144 valence electrons. The number of hydrogen-bond acceptors (Lipinski definition) is 4. The summed E-state index contributed by atoms with van der Waals surface area (Å²) >= 11 is 7.16. The topological polar surface area (TPSA) is 81.4 Å². The minimum absolute atomic E-state index is 0.289. The number of hydrogen-bond donors (Lipinski definition) is 2. The summed E-state index contributed by atoms with van der Waals surface area (Å²) in [5.41, 5.74) is 6.59. The van der Waals surface area contributed by atoms with Gasteiger partial charge in [-0.2, -0.15) is 0 Å². The van der Waals surface area contributed by atoms with Crippen molar-refractivity contribution in [3.63, 3.8) is 0 Å². The number of nitrogens with two attached hydrogens (primary N) is 1. The summed E-state index contributed by atoms with van der Waals surface area (Å²) in [6, 6.07) is 15.9. The van der Waals surface area contributed by atoms with Gasteiger partial charge in [0.05, 0.1) is 4.88 Å². The molecule has 0 saturated heterocycles. The quantitative estimate of drug-likeness (QED) is 0.597. The standard InChI is InChI=1S/C21H19ClN2O3S/c1-21(2,27-17-8-6-15(22)7-9-17)20(26)24-16-5-3-4-13(10-16)14-11-18(19(23)25)28-12-14/h3-12H,1-2H3,(H2,23,25)(H,24,26). The first-order chi connectivity index (χ1) is 13.2. The molecule has 1 heterocycles. The van der Waals surface area contributed by atoms with Gasteiger partial charge in [-0.1, -0.05) is 23.7 Å². The van der Waals surface area contributed by atoms with Gasteiger partial charge in [0.2, 0.25) is 0 Å². The Balaban J connectivity index is 1.74. The molecule has 0 fully saturated rings. The van der Waals surface area contributed by atoms with Crippen LogP contribution in [-0.2, 0) is 4.79 Å². The molecule has 0 radical (unpaired) electrons. The van der Waals surface area contributed by atoms with Crippen LogP contribution in [0.4, 0.5) is 5.69 Å². The second-order valence-electron chi connectivity index (χ2n) is 6.67. The van der Waals surface area contributed by atoms with Crippen LogP contribution in [0, 0.1) is 0 Å². The van der Waals surface area contributed by atoms with Crippen LogP contribution < -0.4 is 15.8 Å². The lowest BCUT2D eigenvalue weighted by Gasteiger charge is -2.25. The van der Waals surface area contributed by atoms with Crippen molar-refractivity contribution in [2.24, 2.45) is 5.73 Å². The van der Waals surface area contributed by atoms with E-state index in [1.807, 2.05) is 23.6 Å². The van der Waals surface area contributed by atoms with E-state index in [1.165, 1.54) is 11.3 Å². The second kappa shape index (κ2) is 8.04. The van der Waals surface area contributed by atoms with Gasteiger partial charge in [-0.05, 0) is 72.8 Å². The van der Waals surface area contributed by atoms with E-state index in [1.54, 1.807) is 50.2 Å². The van der Waals surface area contributed by atoms with Crippen molar-refractivity contribution in [3.05, 3.63) is 69.9 Å². The normalized spacial score (nSPS) is 11.1. The maximum atomic E-state index is 12.7. The third kappa shape index (κ3) is 4.71. The van der Waals surface area contributed by atoms with Crippen molar-refractivity contribution < 1.29 is 14.3 Å². The van der Waals surface area contributed by atoms with E-state index < -0.39 is 11.5 Å². The third-order valence-corrected chi connectivity index (χ3v) is 5.23. The van der Waals surface area contributed by atoms with E-state index in [0.717, 1.165) is 11.1 Å². The minimum atomic E-state index is -1.09. The molecule has 0 unspecified atom stereocenters. The van der Waals surface area contributed by atoms with E-state index in [4.69, 9.17) is 22.1 Å². The van der Waals surface area contributed by atoms with Crippen LogP contribution in [-0.4, -0.2) is 17.4 Å². The number of rotatable bonds is 6. The molecule has 0 atom stereocenters. The lowest BCUT2D eigenvalue weighted by Crippen LogP contribution is -2.42. The number of halogens is 1. The number of primary amides is 1. The maximum Gasteiger partial charge on any atom is 0.267 e. The molecule has 1 aromatic heterocycles. The first-order valence-electron chi connectivity index (χ1n) is 8.49. The van der Waals surface area contributed by atoms with Crippen LogP contribution in [0.3, 0.4) is 0 Å². The van der Waals surface area contributed by atoms with Crippen molar-refractivity contribution in [3.8, 4) is 16.9 Å². The lowest BCUT2D eigenvalue weighted by atomic mass is 10.1. The van der Waals surface area contributed by atoms with Gasteiger partial charge in [0, 0.05) is 10.7 Å². The molecule has 0 bridgehead atoms. The summed E-state index contributed by atoms with van der Waals surface area (Å²) in [6.45, 7) is 3.39. The maximum absolute atomic E-state index is 12.7. The van der Waals surface area contributed by atoms with Gasteiger partial charge in [0.1, 0.15) is 5.75 Å². The number of benzene rings is 2. The van der Waals surface area contributed by atoms with Gasteiger partial charge in [-0.15, -0.1) is 11.3 Å². The highest BCUT2D eigenvalue weighted by Crippen LogP contribution is 2.28. The van der Waals surface area contributed by atoms with Crippen LogP contribution in [0.25, 0.3) is 11.1 Å². The molecule has 0 spiro atoms. The number of anilines is 1. The molecule has 3 N–H and O–H groups in total. The summed E-state index contributed by atoms with van der Waals surface area (Å²) < 4.78 is 5.81. The molecule has 0 aliphatic carbocycles. The lowest BCUT2D eigenvalue weighted by molar-refractivity contribution is -0.128. The predicted molar refractivity (Wildman–Crippen MR) is 113 cm³/mol. The Hall–Kier alpha value is -2.83. The molecule has 3 rings (SSSR count). The van der Waals surface area contributed by atoms with Crippen LogP contribution in [0.5, 0.6) is 5.75 Å². The molecule has 2 aromatic carbocycles. The molecular weight excluding hydrogens is 396 g/mol. The first kappa shape index (κ1) is 19.9. The molecule has 2 amide bonds. The zero-order chi connectivity index (χ0) is 20.3. The third-order valence-electron chi connectivity index (χ3n) is 4.03. The minimum Gasteiger partial charge on any atom is -0.478 e. The monoisotopic (exact) mass is 414 g/mol. The highest BCUT2D eigenvalue weighted by Gasteiger charge is 2.30. The summed E-state index contributed by atoms with van der Waals surface area (Å²) in [5, 5.41) is 5.33. The zero-order valence-electron chi connectivity index (χ0n) is 15.4. The van der Waals surface area contributed by atoms with Crippen molar-refractivity contribution in [1.29, 1.82) is 0 Å². The molecule has 0 aliphatic rings. The summed E-state index contributed by atoms with van der Waals surface area (Å²) in [6.07, 6.45) is 0. The van der Waals surface area contributed by atoms with Gasteiger partial charge in [0.15, 0.2) is 5.60 Å². The number of nitrogens with one attached hydrogen (secondary N) is 1. The Bertz CT molecular complexity index is 1010. The van der Waals surface area contributed by atoms with Crippen LogP contribution >= 0.6 is 22.9 Å². The Morgan fingerprint density at radius 3 is 2.43 bits per heavy atom. The van der Waals surface area contributed by atoms with Crippen molar-refractivity contribution in [2.45, 2.75) is 19.4 Å². The molecule has 0 aliphatic heterocycles. The largest absolute Gasteiger partial charge is 0.478 e. The van der Waals surface area contributed by atoms with Gasteiger partial charge in [0.25, 0.3) is 11.8 Å².